The van der Waals surface area contributed by atoms with Crippen LogP contribution < -0.4 is 5.32 Å². The van der Waals surface area contributed by atoms with Crippen LogP contribution in [0.3, 0.4) is 0 Å². The standard InChI is InChI=1S/C17H19NO2/c19-12-16-5-6-17(20-16)15-3-1-13(2-4-15)11-14-7-9-18-10-8-14/h1-6,12,14,18H,7-11H2. The highest BCUT2D eigenvalue weighted by Gasteiger charge is 2.13. The molecule has 0 radical (unpaired) electrons. The minimum atomic E-state index is 0.374. The first-order chi connectivity index (χ1) is 9.85. The molecule has 0 spiro atoms. The average Bonchev–Trinajstić information content (AvgIpc) is 2.98. The Kier molecular flexibility index (Phi) is 3.97. The number of piperidine rings is 1. The first kappa shape index (κ1) is 13.1. The van der Waals surface area contributed by atoms with E-state index in [0.717, 1.165) is 43.0 Å². The summed E-state index contributed by atoms with van der Waals surface area (Å²) >= 11 is 0. The number of benzene rings is 1. The summed E-state index contributed by atoms with van der Waals surface area (Å²) in [4.78, 5) is 10.6. The molecular formula is C17H19NO2. The quantitative estimate of drug-likeness (QED) is 0.866. The molecule has 0 saturated carbocycles. The lowest BCUT2D eigenvalue weighted by atomic mass is 9.91. The van der Waals surface area contributed by atoms with Crippen LogP contribution in [0.2, 0.25) is 0 Å². The maximum atomic E-state index is 10.6. The van der Waals surface area contributed by atoms with E-state index in [1.807, 2.05) is 6.07 Å². The van der Waals surface area contributed by atoms with Gasteiger partial charge in [0.1, 0.15) is 5.76 Å². The summed E-state index contributed by atoms with van der Waals surface area (Å²) in [5, 5.41) is 3.40. The Hall–Kier alpha value is -1.87. The van der Waals surface area contributed by atoms with E-state index in [0.29, 0.717) is 5.76 Å². The Morgan fingerprint density at radius 1 is 1.10 bits per heavy atom. The highest BCUT2D eigenvalue weighted by atomic mass is 16.3. The van der Waals surface area contributed by atoms with Crippen LogP contribution in [-0.2, 0) is 6.42 Å². The SMILES string of the molecule is O=Cc1ccc(-c2ccc(CC3CCNCC3)cc2)o1. The van der Waals surface area contributed by atoms with E-state index in [9.17, 15) is 4.79 Å². The highest BCUT2D eigenvalue weighted by Crippen LogP contribution is 2.24. The number of aldehydes is 1. The van der Waals surface area contributed by atoms with Crippen molar-refractivity contribution in [2.45, 2.75) is 19.3 Å². The zero-order chi connectivity index (χ0) is 13.8. The van der Waals surface area contributed by atoms with E-state index >= 15 is 0 Å². The molecule has 1 saturated heterocycles. The molecule has 1 aliphatic rings. The fraction of sp³-hybridized carbons (Fsp3) is 0.353. The van der Waals surface area contributed by atoms with E-state index in [2.05, 4.69) is 29.6 Å². The number of carbonyl (C=O) groups is 1. The second-order valence-electron chi connectivity index (χ2n) is 5.41. The maximum Gasteiger partial charge on any atom is 0.185 e. The van der Waals surface area contributed by atoms with Crippen LogP contribution in [0.1, 0.15) is 29.0 Å². The van der Waals surface area contributed by atoms with Gasteiger partial charge < -0.3 is 9.73 Å². The molecule has 1 aromatic carbocycles. The predicted octanol–water partition coefficient (Wildman–Crippen LogP) is 3.30. The normalized spacial score (nSPS) is 16.2. The number of hydrogen-bond donors (Lipinski definition) is 1. The van der Waals surface area contributed by atoms with Crippen LogP contribution in [0.4, 0.5) is 0 Å². The van der Waals surface area contributed by atoms with Crippen molar-refractivity contribution < 1.29 is 9.21 Å². The van der Waals surface area contributed by atoms with Crippen LogP contribution in [0.25, 0.3) is 11.3 Å². The molecule has 1 fully saturated rings. The van der Waals surface area contributed by atoms with E-state index in [-0.39, 0.29) is 0 Å². The van der Waals surface area contributed by atoms with Gasteiger partial charge in [0.25, 0.3) is 0 Å². The van der Waals surface area contributed by atoms with Gasteiger partial charge in [-0.25, -0.2) is 0 Å². The van der Waals surface area contributed by atoms with Crippen molar-refractivity contribution >= 4 is 6.29 Å². The Morgan fingerprint density at radius 2 is 1.85 bits per heavy atom. The summed E-state index contributed by atoms with van der Waals surface area (Å²) in [5.74, 6) is 1.92. The Balaban J connectivity index is 1.68. The lowest BCUT2D eigenvalue weighted by molar-refractivity contribution is 0.110. The molecule has 0 bridgehead atoms. The van der Waals surface area contributed by atoms with Crippen molar-refractivity contribution in [1.29, 1.82) is 0 Å². The fourth-order valence-corrected chi connectivity index (χ4v) is 2.80. The topological polar surface area (TPSA) is 42.2 Å². The molecule has 3 nitrogen and oxygen atoms in total. The molecular weight excluding hydrogens is 250 g/mol. The van der Waals surface area contributed by atoms with Gasteiger partial charge in [0.15, 0.2) is 12.0 Å². The molecule has 0 amide bonds. The number of hydrogen-bond acceptors (Lipinski definition) is 3. The third kappa shape index (κ3) is 2.99. The number of carbonyl (C=O) groups excluding carboxylic acids is 1. The van der Waals surface area contributed by atoms with Crippen LogP contribution in [0.5, 0.6) is 0 Å². The van der Waals surface area contributed by atoms with Gasteiger partial charge in [-0.05, 0) is 56.0 Å². The van der Waals surface area contributed by atoms with Crippen LogP contribution >= 0.6 is 0 Å². The van der Waals surface area contributed by atoms with E-state index < -0.39 is 0 Å². The Morgan fingerprint density at radius 3 is 2.50 bits per heavy atom. The van der Waals surface area contributed by atoms with Crippen molar-refractivity contribution in [3.63, 3.8) is 0 Å². The second-order valence-corrected chi connectivity index (χ2v) is 5.41. The third-order valence-electron chi connectivity index (χ3n) is 3.96. The molecule has 20 heavy (non-hydrogen) atoms. The van der Waals surface area contributed by atoms with Gasteiger partial charge in [-0.3, -0.25) is 4.79 Å². The lowest BCUT2D eigenvalue weighted by Gasteiger charge is -2.22. The van der Waals surface area contributed by atoms with Gasteiger partial charge in [0.2, 0.25) is 0 Å². The van der Waals surface area contributed by atoms with Gasteiger partial charge in [0.05, 0.1) is 0 Å². The van der Waals surface area contributed by atoms with Crippen LogP contribution in [0.15, 0.2) is 40.8 Å². The Bertz CT molecular complexity index is 565. The van der Waals surface area contributed by atoms with Crippen LogP contribution in [0, 0.1) is 5.92 Å². The summed E-state index contributed by atoms with van der Waals surface area (Å²) in [6.45, 7) is 2.28. The summed E-state index contributed by atoms with van der Waals surface area (Å²) < 4.78 is 5.43. The molecule has 1 N–H and O–H groups in total. The molecule has 1 aromatic heterocycles. The molecule has 3 rings (SSSR count). The Labute approximate surface area is 119 Å². The second kappa shape index (κ2) is 6.06. The molecule has 2 aromatic rings. The monoisotopic (exact) mass is 269 g/mol. The molecule has 0 atom stereocenters. The van der Waals surface area contributed by atoms with Crippen molar-refractivity contribution in [3.05, 3.63) is 47.7 Å². The van der Waals surface area contributed by atoms with Gasteiger partial charge in [-0.15, -0.1) is 0 Å². The zero-order valence-corrected chi connectivity index (χ0v) is 11.5. The van der Waals surface area contributed by atoms with Gasteiger partial charge in [-0.2, -0.15) is 0 Å². The largest absolute Gasteiger partial charge is 0.453 e. The lowest BCUT2D eigenvalue weighted by Crippen LogP contribution is -2.28. The summed E-state index contributed by atoms with van der Waals surface area (Å²) in [5.41, 5.74) is 2.40. The smallest absolute Gasteiger partial charge is 0.185 e. The number of nitrogens with one attached hydrogen (secondary N) is 1. The number of furan rings is 1. The molecule has 2 heterocycles. The summed E-state index contributed by atoms with van der Waals surface area (Å²) in [7, 11) is 0. The molecule has 1 aliphatic heterocycles. The van der Waals surface area contributed by atoms with E-state index in [4.69, 9.17) is 4.42 Å². The molecule has 0 unspecified atom stereocenters. The minimum Gasteiger partial charge on any atom is -0.453 e. The molecule has 104 valence electrons. The number of rotatable bonds is 4. The van der Waals surface area contributed by atoms with Crippen molar-refractivity contribution in [1.82, 2.24) is 5.32 Å². The molecule has 3 heteroatoms. The van der Waals surface area contributed by atoms with Gasteiger partial charge in [-0.1, -0.05) is 24.3 Å². The maximum absolute atomic E-state index is 10.6. The first-order valence-electron chi connectivity index (χ1n) is 7.20. The van der Waals surface area contributed by atoms with E-state index in [1.165, 1.54) is 18.4 Å². The summed E-state index contributed by atoms with van der Waals surface area (Å²) in [6, 6.07) is 12.0. The van der Waals surface area contributed by atoms with Gasteiger partial charge >= 0.3 is 0 Å². The highest BCUT2D eigenvalue weighted by molar-refractivity contribution is 5.72. The summed E-state index contributed by atoms with van der Waals surface area (Å²) in [6.07, 6.45) is 4.42. The van der Waals surface area contributed by atoms with Crippen molar-refractivity contribution in [3.8, 4) is 11.3 Å². The van der Waals surface area contributed by atoms with Crippen molar-refractivity contribution in [2.75, 3.05) is 13.1 Å². The first-order valence-corrected chi connectivity index (χ1v) is 7.20. The third-order valence-corrected chi connectivity index (χ3v) is 3.96. The average molecular weight is 269 g/mol. The van der Waals surface area contributed by atoms with Crippen molar-refractivity contribution in [2.24, 2.45) is 5.92 Å². The fourth-order valence-electron chi connectivity index (χ4n) is 2.80. The predicted molar refractivity (Wildman–Crippen MR) is 78.8 cm³/mol. The van der Waals surface area contributed by atoms with E-state index in [1.54, 1.807) is 6.07 Å². The molecule has 0 aliphatic carbocycles. The van der Waals surface area contributed by atoms with Gasteiger partial charge in [0, 0.05) is 5.56 Å². The minimum absolute atomic E-state index is 0.374. The zero-order valence-electron chi connectivity index (χ0n) is 11.5. The van der Waals surface area contributed by atoms with Crippen LogP contribution in [-0.4, -0.2) is 19.4 Å².